The fourth-order valence-corrected chi connectivity index (χ4v) is 5.18. The molecule has 4 nitrogen and oxygen atoms in total. The lowest BCUT2D eigenvalue weighted by atomic mass is 10.0. The average molecular weight is 304 g/mol. The molecule has 19 heavy (non-hydrogen) atoms. The van der Waals surface area contributed by atoms with Crippen molar-refractivity contribution in [2.45, 2.75) is 11.2 Å². The number of benzene rings is 1. The van der Waals surface area contributed by atoms with E-state index in [0.717, 1.165) is 5.56 Å². The van der Waals surface area contributed by atoms with Crippen LogP contribution in [0.5, 0.6) is 0 Å². The molecule has 2 rings (SSSR count). The number of methoxy groups -OCH3 is 1. The number of sulfone groups is 1. The van der Waals surface area contributed by atoms with Crippen molar-refractivity contribution in [1.82, 2.24) is 0 Å². The number of rotatable bonds is 5. The van der Waals surface area contributed by atoms with Crippen molar-refractivity contribution in [3.05, 3.63) is 34.9 Å². The molecular formula is C13H18ClNO3S. The van der Waals surface area contributed by atoms with Crippen LogP contribution in [0.3, 0.4) is 0 Å². The third-order valence-corrected chi connectivity index (χ3v) is 5.78. The molecule has 0 radical (unpaired) electrons. The van der Waals surface area contributed by atoms with Crippen LogP contribution in [-0.4, -0.2) is 40.2 Å². The Labute approximate surface area is 118 Å². The van der Waals surface area contributed by atoms with E-state index in [4.69, 9.17) is 22.1 Å². The van der Waals surface area contributed by atoms with Crippen LogP contribution in [0.1, 0.15) is 11.5 Å². The minimum absolute atomic E-state index is 0.121. The largest absolute Gasteiger partial charge is 0.384 e. The van der Waals surface area contributed by atoms with E-state index in [9.17, 15) is 8.42 Å². The summed E-state index contributed by atoms with van der Waals surface area (Å²) in [5, 5.41) is 0.150. The molecule has 1 aliphatic rings. The van der Waals surface area contributed by atoms with Crippen molar-refractivity contribution in [3.63, 3.8) is 0 Å². The van der Waals surface area contributed by atoms with Gasteiger partial charge in [-0.15, -0.1) is 0 Å². The van der Waals surface area contributed by atoms with Gasteiger partial charge in [0.1, 0.15) is 0 Å². The fraction of sp³-hybridized carbons (Fsp3) is 0.538. The quantitative estimate of drug-likeness (QED) is 0.893. The molecule has 0 bridgehead atoms. The summed E-state index contributed by atoms with van der Waals surface area (Å²) in [6.45, 7) is 0.625. The predicted molar refractivity (Wildman–Crippen MR) is 76.2 cm³/mol. The van der Waals surface area contributed by atoms with Crippen LogP contribution in [0.25, 0.3) is 0 Å². The Bertz CT molecular complexity index is 558. The van der Waals surface area contributed by atoms with E-state index in [1.807, 2.05) is 12.1 Å². The van der Waals surface area contributed by atoms with Gasteiger partial charge in [0.05, 0.1) is 11.9 Å². The van der Waals surface area contributed by atoms with Crippen molar-refractivity contribution >= 4 is 21.4 Å². The molecule has 1 aliphatic carbocycles. The molecule has 2 N–H and O–H groups in total. The first-order valence-corrected chi connectivity index (χ1v) is 8.33. The highest BCUT2D eigenvalue weighted by atomic mass is 35.5. The first-order chi connectivity index (χ1) is 8.86. The molecule has 0 saturated heterocycles. The third kappa shape index (κ3) is 2.52. The molecule has 1 fully saturated rings. The minimum atomic E-state index is -3.17. The molecule has 0 aromatic heterocycles. The van der Waals surface area contributed by atoms with Gasteiger partial charge in [0.25, 0.3) is 0 Å². The fourth-order valence-electron chi connectivity index (χ4n) is 3.05. The Balaban J connectivity index is 2.40. The lowest BCUT2D eigenvalue weighted by Gasteiger charge is -2.14. The van der Waals surface area contributed by atoms with Crippen molar-refractivity contribution in [2.75, 3.05) is 26.5 Å². The van der Waals surface area contributed by atoms with Gasteiger partial charge in [-0.25, -0.2) is 8.42 Å². The number of hydrogen-bond acceptors (Lipinski definition) is 4. The van der Waals surface area contributed by atoms with Gasteiger partial charge in [-0.1, -0.05) is 23.7 Å². The van der Waals surface area contributed by atoms with E-state index >= 15 is 0 Å². The van der Waals surface area contributed by atoms with Gasteiger partial charge >= 0.3 is 0 Å². The smallest absolute Gasteiger partial charge is 0.151 e. The highest BCUT2D eigenvalue weighted by Gasteiger charge is 2.69. The molecule has 1 aromatic rings. The van der Waals surface area contributed by atoms with Gasteiger partial charge in [0, 0.05) is 36.3 Å². The van der Waals surface area contributed by atoms with Gasteiger partial charge in [-0.05, 0) is 17.7 Å². The normalized spacial score (nSPS) is 30.3. The van der Waals surface area contributed by atoms with Gasteiger partial charge in [-0.2, -0.15) is 0 Å². The Morgan fingerprint density at radius 3 is 2.37 bits per heavy atom. The number of nitrogens with two attached hydrogens (primary N) is 1. The van der Waals surface area contributed by atoms with Crippen LogP contribution < -0.4 is 5.73 Å². The van der Waals surface area contributed by atoms with Gasteiger partial charge in [0.15, 0.2) is 9.84 Å². The van der Waals surface area contributed by atoms with Crippen LogP contribution in [0, 0.1) is 5.41 Å². The predicted octanol–water partition coefficient (Wildman–Crippen LogP) is 1.44. The third-order valence-electron chi connectivity index (χ3n) is 3.86. The van der Waals surface area contributed by atoms with Crippen molar-refractivity contribution in [2.24, 2.45) is 11.1 Å². The Kier molecular flexibility index (Phi) is 3.93. The zero-order chi connectivity index (χ0) is 14.3. The van der Waals surface area contributed by atoms with E-state index in [1.165, 1.54) is 6.26 Å². The molecular weight excluding hydrogens is 286 g/mol. The van der Waals surface area contributed by atoms with E-state index in [1.54, 1.807) is 19.2 Å². The van der Waals surface area contributed by atoms with Gasteiger partial charge < -0.3 is 10.5 Å². The summed E-state index contributed by atoms with van der Waals surface area (Å²) in [7, 11) is -1.61. The van der Waals surface area contributed by atoms with E-state index < -0.39 is 20.5 Å². The topological polar surface area (TPSA) is 69.4 Å². The molecule has 3 atom stereocenters. The molecule has 0 amide bonds. The van der Waals surface area contributed by atoms with E-state index in [0.29, 0.717) is 11.6 Å². The maximum atomic E-state index is 12.0. The highest BCUT2D eigenvalue weighted by molar-refractivity contribution is 7.91. The lowest BCUT2D eigenvalue weighted by molar-refractivity contribution is 0.142. The monoisotopic (exact) mass is 303 g/mol. The standard InChI is InChI=1S/C13H18ClNO3S/c1-18-8-13(7-15)11(12(13)19(2,16)17)9-3-5-10(14)6-4-9/h3-6,11-12H,7-8,15H2,1-2H3/t11-,12-,13-/m0/s1. The van der Waals surface area contributed by atoms with Crippen LogP contribution in [0.15, 0.2) is 24.3 Å². The lowest BCUT2D eigenvalue weighted by Crippen LogP contribution is -2.28. The van der Waals surface area contributed by atoms with E-state index in [2.05, 4.69) is 0 Å². The van der Waals surface area contributed by atoms with Crippen LogP contribution >= 0.6 is 11.6 Å². The molecule has 0 unspecified atom stereocenters. The summed E-state index contributed by atoms with van der Waals surface area (Å²) < 4.78 is 29.1. The van der Waals surface area contributed by atoms with Crippen molar-refractivity contribution in [3.8, 4) is 0 Å². The second kappa shape index (κ2) is 5.05. The molecule has 1 saturated carbocycles. The zero-order valence-corrected chi connectivity index (χ0v) is 12.5. The summed E-state index contributed by atoms with van der Waals surface area (Å²) in [5.74, 6) is -0.121. The highest BCUT2D eigenvalue weighted by Crippen LogP contribution is 2.62. The maximum absolute atomic E-state index is 12.0. The molecule has 6 heteroatoms. The first kappa shape index (κ1) is 14.8. The molecule has 0 aliphatic heterocycles. The van der Waals surface area contributed by atoms with Crippen LogP contribution in [-0.2, 0) is 14.6 Å². The van der Waals surface area contributed by atoms with Crippen molar-refractivity contribution < 1.29 is 13.2 Å². The maximum Gasteiger partial charge on any atom is 0.151 e. The summed E-state index contributed by atoms with van der Waals surface area (Å²) in [5.41, 5.74) is 6.26. The zero-order valence-electron chi connectivity index (χ0n) is 11.0. The van der Waals surface area contributed by atoms with Crippen LogP contribution in [0.4, 0.5) is 0 Å². The summed E-state index contributed by atoms with van der Waals surface area (Å²) in [6.07, 6.45) is 1.26. The Morgan fingerprint density at radius 1 is 1.37 bits per heavy atom. The second-order valence-electron chi connectivity index (χ2n) is 5.15. The SMILES string of the molecule is COC[C@@]1(CN)[C@@H](c2ccc(Cl)cc2)[C@@H]1S(C)(=O)=O. The van der Waals surface area contributed by atoms with Crippen LogP contribution in [0.2, 0.25) is 5.02 Å². The second-order valence-corrected chi connectivity index (χ2v) is 7.75. The molecule has 106 valence electrons. The Morgan fingerprint density at radius 2 is 1.95 bits per heavy atom. The molecule has 0 heterocycles. The molecule has 1 aromatic carbocycles. The van der Waals surface area contributed by atoms with E-state index in [-0.39, 0.29) is 12.5 Å². The van der Waals surface area contributed by atoms with Crippen molar-refractivity contribution in [1.29, 1.82) is 0 Å². The minimum Gasteiger partial charge on any atom is -0.384 e. The summed E-state index contributed by atoms with van der Waals surface area (Å²) in [4.78, 5) is 0. The number of halogens is 1. The Hall–Kier alpha value is -0.620. The average Bonchev–Trinajstić information content (AvgIpc) is 3.00. The number of ether oxygens (including phenoxy) is 1. The summed E-state index contributed by atoms with van der Waals surface area (Å²) in [6, 6.07) is 7.25. The number of hydrogen-bond donors (Lipinski definition) is 1. The molecule has 0 spiro atoms. The van der Waals surface area contributed by atoms with Gasteiger partial charge in [-0.3, -0.25) is 0 Å². The summed E-state index contributed by atoms with van der Waals surface area (Å²) >= 11 is 5.86. The van der Waals surface area contributed by atoms with Gasteiger partial charge in [0.2, 0.25) is 0 Å². The first-order valence-electron chi connectivity index (χ1n) is 6.00.